The first-order valence-corrected chi connectivity index (χ1v) is 7.13. The quantitative estimate of drug-likeness (QED) is 0.802. The van der Waals surface area contributed by atoms with E-state index in [0.717, 1.165) is 12.8 Å². The Hall–Kier alpha value is -2.21. The zero-order chi connectivity index (χ0) is 14.7. The van der Waals surface area contributed by atoms with Crippen molar-refractivity contribution in [3.05, 3.63) is 30.6 Å². The van der Waals surface area contributed by atoms with Crippen LogP contribution in [0.3, 0.4) is 0 Å². The molecule has 1 amide bonds. The highest BCUT2D eigenvalue weighted by Crippen LogP contribution is 2.33. The van der Waals surface area contributed by atoms with E-state index in [1.54, 1.807) is 12.4 Å². The van der Waals surface area contributed by atoms with E-state index in [1.165, 1.54) is 0 Å². The highest BCUT2D eigenvalue weighted by molar-refractivity contribution is 5.94. The molecule has 1 fully saturated rings. The van der Waals surface area contributed by atoms with Crippen molar-refractivity contribution in [3.8, 4) is 11.4 Å². The minimum Gasteiger partial charge on any atom is -0.389 e. The lowest BCUT2D eigenvalue weighted by atomic mass is 9.97. The molecule has 0 aliphatic heterocycles. The first-order chi connectivity index (χ1) is 10.2. The number of hydrogen-bond acceptors (Lipinski definition) is 4. The summed E-state index contributed by atoms with van der Waals surface area (Å²) >= 11 is 0. The fraction of sp³-hybridized carbons (Fsp3) is 0.400. The summed E-state index contributed by atoms with van der Waals surface area (Å²) in [7, 11) is 0. The summed E-state index contributed by atoms with van der Waals surface area (Å²) in [5.74, 6) is -0.196. The van der Waals surface area contributed by atoms with Crippen LogP contribution in [0.4, 0.5) is 5.69 Å². The molecular weight excluding hydrogens is 268 g/mol. The molecule has 2 heterocycles. The van der Waals surface area contributed by atoms with Crippen molar-refractivity contribution in [2.45, 2.75) is 37.7 Å². The lowest BCUT2D eigenvalue weighted by molar-refractivity contribution is -0.120. The number of carbonyl (C=O) groups is 1. The molecule has 0 unspecified atom stereocenters. The fourth-order valence-electron chi connectivity index (χ4n) is 2.79. The number of rotatable bonds is 4. The molecule has 2 aromatic heterocycles. The number of aromatic amines is 1. The van der Waals surface area contributed by atoms with Crippen molar-refractivity contribution in [1.82, 2.24) is 15.2 Å². The molecule has 1 aliphatic rings. The zero-order valence-corrected chi connectivity index (χ0v) is 11.7. The van der Waals surface area contributed by atoms with Crippen molar-refractivity contribution in [2.75, 3.05) is 5.32 Å². The van der Waals surface area contributed by atoms with Gasteiger partial charge in [-0.3, -0.25) is 14.9 Å². The van der Waals surface area contributed by atoms with Crippen LogP contribution < -0.4 is 5.32 Å². The van der Waals surface area contributed by atoms with Gasteiger partial charge in [-0.25, -0.2) is 0 Å². The first kappa shape index (κ1) is 13.8. The third kappa shape index (κ3) is 3.11. The summed E-state index contributed by atoms with van der Waals surface area (Å²) in [6, 6.07) is 5.54. The average molecular weight is 286 g/mol. The van der Waals surface area contributed by atoms with Crippen molar-refractivity contribution < 1.29 is 9.90 Å². The number of nitrogens with one attached hydrogen (secondary N) is 2. The number of pyridine rings is 1. The molecule has 1 aliphatic carbocycles. The normalized spacial score (nSPS) is 16.8. The Morgan fingerprint density at radius 1 is 1.38 bits per heavy atom. The van der Waals surface area contributed by atoms with E-state index >= 15 is 0 Å². The van der Waals surface area contributed by atoms with Gasteiger partial charge in [-0.15, -0.1) is 0 Å². The Balaban J connectivity index is 1.71. The van der Waals surface area contributed by atoms with E-state index in [0.29, 0.717) is 29.9 Å². The first-order valence-electron chi connectivity index (χ1n) is 7.13. The molecule has 2 aromatic rings. The standard InChI is InChI=1S/C15H18N4O2/c20-13(9-15(21)6-2-3-7-15)18-12-10-17-19-14(12)11-5-1-4-8-16-11/h1,4-5,8,10,21H,2-3,6-7,9H2,(H,17,19)(H,18,20). The SMILES string of the molecule is O=C(CC1(O)CCCC1)Nc1cn[nH]c1-c1ccccn1. The Bertz CT molecular complexity index is 618. The summed E-state index contributed by atoms with van der Waals surface area (Å²) in [4.78, 5) is 16.4. The predicted molar refractivity (Wildman–Crippen MR) is 78.5 cm³/mol. The maximum Gasteiger partial charge on any atom is 0.227 e. The van der Waals surface area contributed by atoms with Gasteiger partial charge in [0.05, 0.1) is 29.6 Å². The summed E-state index contributed by atoms with van der Waals surface area (Å²) in [5.41, 5.74) is 1.12. The second-order valence-electron chi connectivity index (χ2n) is 5.53. The molecule has 6 nitrogen and oxygen atoms in total. The molecule has 0 saturated heterocycles. The second-order valence-corrected chi connectivity index (χ2v) is 5.53. The molecule has 110 valence electrons. The van der Waals surface area contributed by atoms with E-state index in [-0.39, 0.29) is 12.3 Å². The van der Waals surface area contributed by atoms with Crippen LogP contribution in [0.5, 0.6) is 0 Å². The summed E-state index contributed by atoms with van der Waals surface area (Å²) in [5, 5.41) is 19.9. The molecule has 0 spiro atoms. The maximum atomic E-state index is 12.1. The van der Waals surface area contributed by atoms with E-state index in [1.807, 2.05) is 18.2 Å². The predicted octanol–water partition coefficient (Wildman–Crippen LogP) is 2.11. The van der Waals surface area contributed by atoms with E-state index in [4.69, 9.17) is 0 Å². The molecule has 0 radical (unpaired) electrons. The van der Waals surface area contributed by atoms with Crippen LogP contribution in [0, 0.1) is 0 Å². The van der Waals surface area contributed by atoms with E-state index < -0.39 is 5.60 Å². The summed E-state index contributed by atoms with van der Waals surface area (Å²) in [6.07, 6.45) is 6.71. The van der Waals surface area contributed by atoms with Gasteiger partial charge in [0.1, 0.15) is 5.69 Å². The molecule has 6 heteroatoms. The van der Waals surface area contributed by atoms with Crippen LogP contribution in [0.1, 0.15) is 32.1 Å². The number of hydrogen-bond donors (Lipinski definition) is 3. The van der Waals surface area contributed by atoms with Gasteiger partial charge in [0.25, 0.3) is 0 Å². The van der Waals surface area contributed by atoms with Crippen LogP contribution in [0.2, 0.25) is 0 Å². The average Bonchev–Trinajstić information content (AvgIpc) is 3.09. The van der Waals surface area contributed by atoms with Gasteiger partial charge >= 0.3 is 0 Å². The summed E-state index contributed by atoms with van der Waals surface area (Å²) in [6.45, 7) is 0. The Morgan fingerprint density at radius 2 is 2.19 bits per heavy atom. The van der Waals surface area contributed by atoms with Crippen molar-refractivity contribution >= 4 is 11.6 Å². The van der Waals surface area contributed by atoms with Crippen LogP contribution in [-0.2, 0) is 4.79 Å². The highest BCUT2D eigenvalue weighted by Gasteiger charge is 2.33. The summed E-state index contributed by atoms with van der Waals surface area (Å²) < 4.78 is 0. The zero-order valence-electron chi connectivity index (χ0n) is 11.7. The van der Waals surface area contributed by atoms with Gasteiger partial charge in [-0.1, -0.05) is 18.9 Å². The number of carbonyl (C=O) groups excluding carboxylic acids is 1. The minimum atomic E-state index is -0.848. The van der Waals surface area contributed by atoms with Crippen molar-refractivity contribution in [1.29, 1.82) is 0 Å². The molecule has 3 N–H and O–H groups in total. The van der Waals surface area contributed by atoms with Crippen LogP contribution in [0.25, 0.3) is 11.4 Å². The van der Waals surface area contributed by atoms with Gasteiger partial charge in [-0.2, -0.15) is 5.10 Å². The lowest BCUT2D eigenvalue weighted by Crippen LogP contribution is -2.30. The van der Waals surface area contributed by atoms with Gasteiger partial charge in [0.15, 0.2) is 0 Å². The second kappa shape index (κ2) is 5.65. The van der Waals surface area contributed by atoms with Crippen LogP contribution in [-0.4, -0.2) is 31.8 Å². The molecule has 0 bridgehead atoms. The Labute approximate surface area is 122 Å². The monoisotopic (exact) mass is 286 g/mol. The van der Waals surface area contributed by atoms with Gasteiger partial charge in [0, 0.05) is 6.20 Å². The van der Waals surface area contributed by atoms with Crippen LogP contribution in [0.15, 0.2) is 30.6 Å². The molecule has 0 aromatic carbocycles. The third-order valence-corrected chi connectivity index (χ3v) is 3.86. The van der Waals surface area contributed by atoms with Gasteiger partial charge in [-0.05, 0) is 25.0 Å². The Kier molecular flexibility index (Phi) is 3.70. The van der Waals surface area contributed by atoms with E-state index in [2.05, 4.69) is 20.5 Å². The molecule has 1 saturated carbocycles. The van der Waals surface area contributed by atoms with E-state index in [9.17, 15) is 9.90 Å². The van der Waals surface area contributed by atoms with Crippen molar-refractivity contribution in [3.63, 3.8) is 0 Å². The molecule has 3 rings (SSSR count). The molecule has 21 heavy (non-hydrogen) atoms. The Morgan fingerprint density at radius 3 is 2.90 bits per heavy atom. The maximum absolute atomic E-state index is 12.1. The molecular formula is C15H18N4O2. The highest BCUT2D eigenvalue weighted by atomic mass is 16.3. The number of amides is 1. The minimum absolute atomic E-state index is 0.125. The van der Waals surface area contributed by atoms with Gasteiger partial charge in [0.2, 0.25) is 5.91 Å². The van der Waals surface area contributed by atoms with Crippen molar-refractivity contribution in [2.24, 2.45) is 0 Å². The topological polar surface area (TPSA) is 90.9 Å². The number of aliphatic hydroxyl groups is 1. The number of H-pyrrole nitrogens is 1. The fourth-order valence-corrected chi connectivity index (χ4v) is 2.79. The lowest BCUT2D eigenvalue weighted by Gasteiger charge is -2.20. The smallest absolute Gasteiger partial charge is 0.227 e. The van der Waals surface area contributed by atoms with Crippen LogP contribution >= 0.6 is 0 Å². The largest absolute Gasteiger partial charge is 0.389 e. The number of aromatic nitrogens is 3. The van der Waals surface area contributed by atoms with Gasteiger partial charge < -0.3 is 10.4 Å². The molecule has 0 atom stereocenters. The number of nitrogens with zero attached hydrogens (tertiary/aromatic N) is 2. The number of anilines is 1. The third-order valence-electron chi connectivity index (χ3n) is 3.86.